The van der Waals surface area contributed by atoms with Gasteiger partial charge in [-0.25, -0.2) is 8.78 Å². The Labute approximate surface area is 101 Å². The van der Waals surface area contributed by atoms with Gasteiger partial charge in [-0.15, -0.1) is 0 Å². The largest absolute Gasteiger partial charge is 0.325 e. The van der Waals surface area contributed by atoms with Crippen molar-refractivity contribution in [2.45, 2.75) is 6.42 Å². The number of nitrogens with one attached hydrogen (secondary N) is 1. The van der Waals surface area contributed by atoms with Crippen LogP contribution in [0.1, 0.15) is 5.69 Å². The summed E-state index contributed by atoms with van der Waals surface area (Å²) in [6.07, 6.45) is 0.0567. The van der Waals surface area contributed by atoms with Crippen LogP contribution < -0.4 is 5.56 Å². The van der Waals surface area contributed by atoms with Crippen LogP contribution in [0.2, 0.25) is 0 Å². The molecule has 0 saturated heterocycles. The standard InChI is InChI=1S/C13H8F2N2O/c14-11-3-1-2-9(12(11)15)10-5-4-8(6-7-16)17-13(10)18/h1-5H,6H2,(H,17,18). The van der Waals surface area contributed by atoms with Crippen molar-refractivity contribution < 1.29 is 8.78 Å². The van der Waals surface area contributed by atoms with Crippen molar-refractivity contribution in [3.05, 3.63) is 58.0 Å². The van der Waals surface area contributed by atoms with Crippen molar-refractivity contribution in [3.63, 3.8) is 0 Å². The molecule has 0 spiro atoms. The summed E-state index contributed by atoms with van der Waals surface area (Å²) in [5, 5.41) is 8.50. The number of nitrogens with zero attached hydrogens (tertiary/aromatic N) is 1. The normalized spacial score (nSPS) is 10.1. The lowest BCUT2D eigenvalue weighted by atomic mass is 10.1. The monoisotopic (exact) mass is 246 g/mol. The molecule has 0 amide bonds. The Hall–Kier alpha value is -2.48. The molecule has 0 aliphatic heterocycles. The third-order valence-corrected chi connectivity index (χ3v) is 2.48. The van der Waals surface area contributed by atoms with Crippen LogP contribution in [0.3, 0.4) is 0 Å². The fourth-order valence-corrected chi connectivity index (χ4v) is 1.63. The number of aromatic amines is 1. The molecule has 0 radical (unpaired) electrons. The van der Waals surface area contributed by atoms with Gasteiger partial charge in [0.15, 0.2) is 11.6 Å². The van der Waals surface area contributed by atoms with Crippen molar-refractivity contribution in [1.29, 1.82) is 5.26 Å². The smallest absolute Gasteiger partial charge is 0.256 e. The Morgan fingerprint density at radius 3 is 2.61 bits per heavy atom. The van der Waals surface area contributed by atoms with Crippen molar-refractivity contribution in [1.82, 2.24) is 4.98 Å². The number of pyridine rings is 1. The molecule has 0 fully saturated rings. The lowest BCUT2D eigenvalue weighted by molar-refractivity contribution is 0.511. The molecule has 0 atom stereocenters. The Balaban J connectivity index is 2.56. The molecule has 1 heterocycles. The number of benzene rings is 1. The number of nitriles is 1. The summed E-state index contributed by atoms with van der Waals surface area (Å²) in [5.41, 5.74) is -0.177. The number of hydrogen-bond donors (Lipinski definition) is 1. The minimum Gasteiger partial charge on any atom is -0.325 e. The van der Waals surface area contributed by atoms with E-state index in [9.17, 15) is 13.6 Å². The molecular formula is C13H8F2N2O. The summed E-state index contributed by atoms with van der Waals surface area (Å²) in [4.78, 5) is 14.2. The molecule has 0 bridgehead atoms. The van der Waals surface area contributed by atoms with Crippen molar-refractivity contribution in [2.75, 3.05) is 0 Å². The first-order chi connectivity index (χ1) is 8.63. The summed E-state index contributed by atoms with van der Waals surface area (Å²) in [6, 6.07) is 8.41. The predicted molar refractivity (Wildman–Crippen MR) is 61.7 cm³/mol. The van der Waals surface area contributed by atoms with E-state index in [1.807, 2.05) is 6.07 Å². The van der Waals surface area contributed by atoms with Gasteiger partial charge in [0.1, 0.15) is 0 Å². The second-order valence-electron chi connectivity index (χ2n) is 3.66. The highest BCUT2D eigenvalue weighted by Crippen LogP contribution is 2.21. The molecule has 1 aromatic heterocycles. The SMILES string of the molecule is N#CCc1ccc(-c2cccc(F)c2F)c(=O)[nH]1. The maximum atomic E-state index is 13.5. The second kappa shape index (κ2) is 4.80. The zero-order valence-corrected chi connectivity index (χ0v) is 9.21. The quantitative estimate of drug-likeness (QED) is 0.884. The van der Waals surface area contributed by atoms with Crippen molar-refractivity contribution >= 4 is 0 Å². The first-order valence-electron chi connectivity index (χ1n) is 5.17. The fourth-order valence-electron chi connectivity index (χ4n) is 1.63. The summed E-state index contributed by atoms with van der Waals surface area (Å²) in [6.45, 7) is 0. The van der Waals surface area contributed by atoms with Crippen molar-refractivity contribution in [3.8, 4) is 17.2 Å². The van der Waals surface area contributed by atoms with Gasteiger partial charge in [-0.3, -0.25) is 4.79 Å². The molecule has 0 unspecified atom stereocenters. The summed E-state index contributed by atoms with van der Waals surface area (Å²) < 4.78 is 26.6. The van der Waals surface area contributed by atoms with E-state index in [0.29, 0.717) is 5.69 Å². The number of rotatable bonds is 2. The number of hydrogen-bond acceptors (Lipinski definition) is 2. The van der Waals surface area contributed by atoms with Gasteiger partial charge in [0.2, 0.25) is 0 Å². The minimum atomic E-state index is -1.06. The second-order valence-corrected chi connectivity index (χ2v) is 3.66. The predicted octanol–water partition coefficient (Wildman–Crippen LogP) is 2.39. The highest BCUT2D eigenvalue weighted by Gasteiger charge is 2.12. The fraction of sp³-hybridized carbons (Fsp3) is 0.0769. The van der Waals surface area contributed by atoms with Crippen LogP contribution in [-0.2, 0) is 6.42 Å². The molecule has 2 rings (SSSR count). The van der Waals surface area contributed by atoms with Gasteiger partial charge in [0.25, 0.3) is 5.56 Å². The summed E-state index contributed by atoms with van der Waals surface area (Å²) in [7, 11) is 0. The van der Waals surface area contributed by atoms with E-state index >= 15 is 0 Å². The molecule has 2 aromatic rings. The average Bonchev–Trinajstić information content (AvgIpc) is 2.34. The lowest BCUT2D eigenvalue weighted by Crippen LogP contribution is -2.12. The van der Waals surface area contributed by atoms with Crippen LogP contribution in [0, 0.1) is 23.0 Å². The highest BCUT2D eigenvalue weighted by atomic mass is 19.2. The Kier molecular flexibility index (Phi) is 3.20. The van der Waals surface area contributed by atoms with Crippen LogP contribution in [0.4, 0.5) is 8.78 Å². The lowest BCUT2D eigenvalue weighted by Gasteiger charge is -2.04. The van der Waals surface area contributed by atoms with Gasteiger partial charge in [0.05, 0.1) is 18.1 Å². The van der Waals surface area contributed by atoms with E-state index < -0.39 is 17.2 Å². The topological polar surface area (TPSA) is 56.6 Å². The van der Waals surface area contributed by atoms with Gasteiger partial charge < -0.3 is 4.98 Å². The first kappa shape index (κ1) is 12.0. The highest BCUT2D eigenvalue weighted by molar-refractivity contribution is 5.63. The van der Waals surface area contributed by atoms with E-state index in [2.05, 4.69) is 4.98 Å². The van der Waals surface area contributed by atoms with Gasteiger partial charge in [-0.2, -0.15) is 5.26 Å². The van der Waals surface area contributed by atoms with Gasteiger partial charge >= 0.3 is 0 Å². The van der Waals surface area contributed by atoms with Gasteiger partial charge in [-0.1, -0.05) is 12.1 Å². The molecule has 0 aliphatic rings. The van der Waals surface area contributed by atoms with Crippen LogP contribution >= 0.6 is 0 Å². The van der Waals surface area contributed by atoms with Gasteiger partial charge in [0, 0.05) is 11.3 Å². The molecule has 0 saturated carbocycles. The van der Waals surface area contributed by atoms with Gasteiger partial charge in [-0.05, 0) is 18.2 Å². The number of halogens is 2. The molecule has 90 valence electrons. The van der Waals surface area contributed by atoms with E-state index in [1.165, 1.54) is 24.3 Å². The van der Waals surface area contributed by atoms with Crippen LogP contribution in [0.15, 0.2) is 35.1 Å². The van der Waals surface area contributed by atoms with Crippen LogP contribution in [0.5, 0.6) is 0 Å². The van der Waals surface area contributed by atoms with E-state index in [0.717, 1.165) is 6.07 Å². The Bertz CT molecular complexity index is 686. The van der Waals surface area contributed by atoms with E-state index in [-0.39, 0.29) is 17.5 Å². The third-order valence-electron chi connectivity index (χ3n) is 2.48. The summed E-state index contributed by atoms with van der Waals surface area (Å²) >= 11 is 0. The minimum absolute atomic E-state index is 0.0358. The summed E-state index contributed by atoms with van der Waals surface area (Å²) in [5.74, 6) is -2.07. The molecule has 1 aromatic carbocycles. The molecular weight excluding hydrogens is 238 g/mol. The van der Waals surface area contributed by atoms with Crippen LogP contribution in [0.25, 0.3) is 11.1 Å². The molecule has 18 heavy (non-hydrogen) atoms. The number of H-pyrrole nitrogens is 1. The Morgan fingerprint density at radius 1 is 1.17 bits per heavy atom. The maximum absolute atomic E-state index is 13.5. The average molecular weight is 246 g/mol. The zero-order chi connectivity index (χ0) is 13.1. The van der Waals surface area contributed by atoms with E-state index in [1.54, 1.807) is 0 Å². The molecule has 1 N–H and O–H groups in total. The zero-order valence-electron chi connectivity index (χ0n) is 9.21. The van der Waals surface area contributed by atoms with Crippen LogP contribution in [-0.4, -0.2) is 4.98 Å². The van der Waals surface area contributed by atoms with Crippen molar-refractivity contribution in [2.24, 2.45) is 0 Å². The molecule has 5 heteroatoms. The number of aromatic nitrogens is 1. The molecule has 0 aliphatic carbocycles. The maximum Gasteiger partial charge on any atom is 0.256 e. The van der Waals surface area contributed by atoms with E-state index in [4.69, 9.17) is 5.26 Å². The third kappa shape index (κ3) is 2.13. The Morgan fingerprint density at radius 2 is 1.94 bits per heavy atom. The molecule has 3 nitrogen and oxygen atoms in total. The first-order valence-corrected chi connectivity index (χ1v) is 5.17.